The smallest absolute Gasteiger partial charge is 0.133 e. The van der Waals surface area contributed by atoms with Gasteiger partial charge in [-0.1, -0.05) is 24.3 Å². The highest BCUT2D eigenvalue weighted by molar-refractivity contribution is 5.64. The molecule has 18 heavy (non-hydrogen) atoms. The van der Waals surface area contributed by atoms with Crippen LogP contribution in [0.2, 0.25) is 0 Å². The Balaban J connectivity index is 2.28. The molecule has 1 atom stereocenters. The quantitative estimate of drug-likeness (QED) is 0.880. The zero-order chi connectivity index (χ0) is 13.1. The Kier molecular flexibility index (Phi) is 3.72. The molecule has 0 aliphatic carbocycles. The highest BCUT2D eigenvalue weighted by Gasteiger charge is 2.06. The van der Waals surface area contributed by atoms with E-state index in [0.29, 0.717) is 17.5 Å². The van der Waals surface area contributed by atoms with Crippen molar-refractivity contribution in [3.8, 4) is 11.1 Å². The molecule has 0 fully saturated rings. The minimum Gasteiger partial charge on any atom is -0.393 e. The fourth-order valence-corrected chi connectivity index (χ4v) is 1.89. The molecule has 0 aliphatic rings. The SMILES string of the molecule is CC(O)Cc1ccc(-c2ccc(F)cc2F)cc1. The van der Waals surface area contributed by atoms with E-state index in [1.165, 1.54) is 12.1 Å². The number of benzene rings is 2. The molecule has 2 aromatic carbocycles. The summed E-state index contributed by atoms with van der Waals surface area (Å²) in [6, 6.07) is 10.8. The van der Waals surface area contributed by atoms with E-state index in [-0.39, 0.29) is 0 Å². The van der Waals surface area contributed by atoms with Crippen LogP contribution in [-0.4, -0.2) is 11.2 Å². The molecule has 1 unspecified atom stereocenters. The highest BCUT2D eigenvalue weighted by Crippen LogP contribution is 2.24. The van der Waals surface area contributed by atoms with Gasteiger partial charge in [0.25, 0.3) is 0 Å². The van der Waals surface area contributed by atoms with E-state index in [1.807, 2.05) is 12.1 Å². The first kappa shape index (κ1) is 12.7. The lowest BCUT2D eigenvalue weighted by atomic mass is 10.0. The number of aliphatic hydroxyl groups is 1. The van der Waals surface area contributed by atoms with Crippen molar-refractivity contribution < 1.29 is 13.9 Å². The van der Waals surface area contributed by atoms with Crippen molar-refractivity contribution in [3.63, 3.8) is 0 Å². The second kappa shape index (κ2) is 5.27. The van der Waals surface area contributed by atoms with E-state index in [4.69, 9.17) is 0 Å². The number of hydrogen-bond acceptors (Lipinski definition) is 1. The van der Waals surface area contributed by atoms with Crippen molar-refractivity contribution in [2.45, 2.75) is 19.4 Å². The lowest BCUT2D eigenvalue weighted by molar-refractivity contribution is 0.195. The fraction of sp³-hybridized carbons (Fsp3) is 0.200. The van der Waals surface area contributed by atoms with Crippen LogP contribution in [0.4, 0.5) is 8.78 Å². The summed E-state index contributed by atoms with van der Waals surface area (Å²) in [5, 5.41) is 9.27. The lowest BCUT2D eigenvalue weighted by Crippen LogP contribution is -2.03. The molecule has 0 radical (unpaired) electrons. The largest absolute Gasteiger partial charge is 0.393 e. The van der Waals surface area contributed by atoms with Gasteiger partial charge in [-0.05, 0) is 36.6 Å². The molecule has 0 amide bonds. The number of hydrogen-bond donors (Lipinski definition) is 1. The van der Waals surface area contributed by atoms with Crippen molar-refractivity contribution in [1.82, 2.24) is 0 Å². The molecule has 0 saturated carbocycles. The van der Waals surface area contributed by atoms with Gasteiger partial charge in [-0.3, -0.25) is 0 Å². The van der Waals surface area contributed by atoms with Gasteiger partial charge in [0.05, 0.1) is 6.10 Å². The Morgan fingerprint density at radius 2 is 1.72 bits per heavy atom. The predicted molar refractivity (Wildman–Crippen MR) is 67.2 cm³/mol. The van der Waals surface area contributed by atoms with E-state index in [9.17, 15) is 13.9 Å². The summed E-state index contributed by atoms with van der Waals surface area (Å²) >= 11 is 0. The summed E-state index contributed by atoms with van der Waals surface area (Å²) in [7, 11) is 0. The van der Waals surface area contributed by atoms with E-state index in [2.05, 4.69) is 0 Å². The molecule has 0 aliphatic heterocycles. The van der Waals surface area contributed by atoms with Crippen LogP contribution in [0.5, 0.6) is 0 Å². The first-order valence-corrected chi connectivity index (χ1v) is 5.78. The minimum absolute atomic E-state index is 0.375. The summed E-state index contributed by atoms with van der Waals surface area (Å²) in [4.78, 5) is 0. The number of halogens is 2. The summed E-state index contributed by atoms with van der Waals surface area (Å²) in [5.74, 6) is -1.15. The van der Waals surface area contributed by atoms with Gasteiger partial charge in [0.2, 0.25) is 0 Å². The fourth-order valence-electron chi connectivity index (χ4n) is 1.89. The normalized spacial score (nSPS) is 12.4. The maximum atomic E-state index is 13.6. The van der Waals surface area contributed by atoms with Gasteiger partial charge in [-0.15, -0.1) is 0 Å². The van der Waals surface area contributed by atoms with E-state index < -0.39 is 17.7 Å². The molecular weight excluding hydrogens is 234 g/mol. The van der Waals surface area contributed by atoms with Crippen LogP contribution in [0.3, 0.4) is 0 Å². The maximum absolute atomic E-state index is 13.6. The van der Waals surface area contributed by atoms with Crippen LogP contribution >= 0.6 is 0 Å². The van der Waals surface area contributed by atoms with Crippen molar-refractivity contribution in [2.24, 2.45) is 0 Å². The summed E-state index contributed by atoms with van der Waals surface area (Å²) in [6.45, 7) is 1.72. The molecule has 0 aromatic heterocycles. The molecule has 0 spiro atoms. The second-order valence-corrected chi connectivity index (χ2v) is 4.37. The third kappa shape index (κ3) is 2.93. The molecule has 0 bridgehead atoms. The molecule has 2 rings (SSSR count). The standard InChI is InChI=1S/C15H14F2O/c1-10(18)8-11-2-4-12(5-3-11)14-7-6-13(16)9-15(14)17/h2-7,9-10,18H,8H2,1H3. The molecular formula is C15H14F2O. The van der Waals surface area contributed by atoms with Crippen molar-refractivity contribution >= 4 is 0 Å². The van der Waals surface area contributed by atoms with Crippen LogP contribution in [0, 0.1) is 11.6 Å². The molecule has 0 saturated heterocycles. The number of aliphatic hydroxyl groups excluding tert-OH is 1. The highest BCUT2D eigenvalue weighted by atomic mass is 19.1. The Morgan fingerprint density at radius 1 is 1.06 bits per heavy atom. The summed E-state index contributed by atoms with van der Waals surface area (Å²) in [6.07, 6.45) is 0.157. The first-order valence-electron chi connectivity index (χ1n) is 5.78. The first-order chi connectivity index (χ1) is 8.56. The van der Waals surface area contributed by atoms with Gasteiger partial charge in [-0.2, -0.15) is 0 Å². The third-order valence-electron chi connectivity index (χ3n) is 2.73. The van der Waals surface area contributed by atoms with Gasteiger partial charge in [0.1, 0.15) is 11.6 Å². The van der Waals surface area contributed by atoms with Crippen LogP contribution < -0.4 is 0 Å². The zero-order valence-corrected chi connectivity index (χ0v) is 10.0. The molecule has 0 heterocycles. The van der Waals surface area contributed by atoms with Gasteiger partial charge >= 0.3 is 0 Å². The third-order valence-corrected chi connectivity index (χ3v) is 2.73. The van der Waals surface area contributed by atoms with Crippen LogP contribution in [0.25, 0.3) is 11.1 Å². The Hall–Kier alpha value is -1.74. The van der Waals surface area contributed by atoms with E-state index in [0.717, 1.165) is 11.6 Å². The van der Waals surface area contributed by atoms with Gasteiger partial charge in [0.15, 0.2) is 0 Å². The Bertz CT molecular complexity index is 533. The average Bonchev–Trinajstić information content (AvgIpc) is 2.30. The topological polar surface area (TPSA) is 20.2 Å². The van der Waals surface area contributed by atoms with Gasteiger partial charge < -0.3 is 5.11 Å². The molecule has 1 nitrogen and oxygen atoms in total. The maximum Gasteiger partial charge on any atom is 0.133 e. The monoisotopic (exact) mass is 248 g/mol. The minimum atomic E-state index is -0.582. The second-order valence-electron chi connectivity index (χ2n) is 4.37. The zero-order valence-electron chi connectivity index (χ0n) is 10.0. The summed E-state index contributed by atoms with van der Waals surface area (Å²) in [5.41, 5.74) is 2.05. The lowest BCUT2D eigenvalue weighted by Gasteiger charge is -2.07. The molecule has 3 heteroatoms. The molecule has 2 aromatic rings. The molecule has 94 valence electrons. The molecule has 1 N–H and O–H groups in total. The Morgan fingerprint density at radius 3 is 2.28 bits per heavy atom. The number of rotatable bonds is 3. The predicted octanol–water partition coefficient (Wildman–Crippen LogP) is 3.56. The van der Waals surface area contributed by atoms with E-state index in [1.54, 1.807) is 19.1 Å². The van der Waals surface area contributed by atoms with Crippen LogP contribution in [-0.2, 0) is 6.42 Å². The van der Waals surface area contributed by atoms with Gasteiger partial charge in [0, 0.05) is 11.6 Å². The Labute approximate surface area is 105 Å². The van der Waals surface area contributed by atoms with Crippen LogP contribution in [0.1, 0.15) is 12.5 Å². The van der Waals surface area contributed by atoms with Crippen LogP contribution in [0.15, 0.2) is 42.5 Å². The van der Waals surface area contributed by atoms with Crippen molar-refractivity contribution in [1.29, 1.82) is 0 Å². The van der Waals surface area contributed by atoms with Gasteiger partial charge in [-0.25, -0.2) is 8.78 Å². The van der Waals surface area contributed by atoms with Crippen molar-refractivity contribution in [3.05, 3.63) is 59.7 Å². The van der Waals surface area contributed by atoms with Crippen molar-refractivity contribution in [2.75, 3.05) is 0 Å². The average molecular weight is 248 g/mol. The van der Waals surface area contributed by atoms with E-state index >= 15 is 0 Å². The summed E-state index contributed by atoms with van der Waals surface area (Å²) < 4.78 is 26.4.